The summed E-state index contributed by atoms with van der Waals surface area (Å²) in [6.07, 6.45) is 2.67. The molecule has 1 aromatic rings. The van der Waals surface area contributed by atoms with Crippen LogP contribution in [-0.4, -0.2) is 18.0 Å². The van der Waals surface area contributed by atoms with Gasteiger partial charge in [-0.3, -0.25) is 4.90 Å². The van der Waals surface area contributed by atoms with Crippen molar-refractivity contribution in [2.45, 2.75) is 33.2 Å². The van der Waals surface area contributed by atoms with Gasteiger partial charge >= 0.3 is 0 Å². The van der Waals surface area contributed by atoms with E-state index in [2.05, 4.69) is 18.7 Å². The first-order valence-corrected chi connectivity index (χ1v) is 7.47. The van der Waals surface area contributed by atoms with Crippen molar-refractivity contribution in [3.63, 3.8) is 0 Å². The van der Waals surface area contributed by atoms with E-state index >= 15 is 0 Å². The number of halogens is 2. The molecule has 0 bridgehead atoms. The second kappa shape index (κ2) is 6.27. The number of piperidine rings is 1. The average Bonchev–Trinajstić information content (AvgIpc) is 2.27. The first kappa shape index (κ1) is 14.2. The van der Waals surface area contributed by atoms with Gasteiger partial charge < -0.3 is 0 Å². The van der Waals surface area contributed by atoms with Gasteiger partial charge in [-0.2, -0.15) is 0 Å². The smallest absolute Gasteiger partial charge is 0.0424 e. The van der Waals surface area contributed by atoms with Crippen LogP contribution >= 0.6 is 23.2 Å². The molecule has 0 spiro atoms. The maximum Gasteiger partial charge on any atom is 0.0424 e. The molecular weight excluding hydrogens is 265 g/mol. The molecule has 1 aliphatic heterocycles. The predicted molar refractivity (Wildman–Crippen MR) is 79.3 cm³/mol. The van der Waals surface area contributed by atoms with Gasteiger partial charge in [0.2, 0.25) is 0 Å². The number of rotatable bonds is 3. The molecule has 0 amide bonds. The SMILES string of the molecule is CC(C)C1CCCN(Cc2cc(Cl)cc(Cl)c2)C1. The van der Waals surface area contributed by atoms with Crippen LogP contribution in [0.25, 0.3) is 0 Å². The van der Waals surface area contributed by atoms with Crippen molar-refractivity contribution in [1.82, 2.24) is 4.90 Å². The van der Waals surface area contributed by atoms with E-state index in [4.69, 9.17) is 23.2 Å². The second-order valence-electron chi connectivity index (χ2n) is 5.66. The Morgan fingerprint density at radius 1 is 1.22 bits per heavy atom. The number of benzene rings is 1. The molecule has 1 fully saturated rings. The lowest BCUT2D eigenvalue weighted by atomic mass is 9.88. The molecule has 1 heterocycles. The predicted octanol–water partition coefficient (Wildman–Crippen LogP) is 4.86. The first-order valence-electron chi connectivity index (χ1n) is 6.72. The Hall–Kier alpha value is -0.240. The first-order chi connectivity index (χ1) is 8.54. The molecule has 1 unspecified atom stereocenters. The Morgan fingerprint density at radius 2 is 1.89 bits per heavy atom. The highest BCUT2D eigenvalue weighted by molar-refractivity contribution is 6.34. The molecule has 18 heavy (non-hydrogen) atoms. The minimum absolute atomic E-state index is 0.731. The fraction of sp³-hybridized carbons (Fsp3) is 0.600. The van der Waals surface area contributed by atoms with Crippen molar-refractivity contribution in [2.75, 3.05) is 13.1 Å². The van der Waals surface area contributed by atoms with Gasteiger partial charge in [-0.15, -0.1) is 0 Å². The zero-order valence-corrected chi connectivity index (χ0v) is 12.6. The highest BCUT2D eigenvalue weighted by Crippen LogP contribution is 2.26. The normalized spacial score (nSPS) is 21.5. The third-order valence-electron chi connectivity index (χ3n) is 3.81. The van der Waals surface area contributed by atoms with Gasteiger partial charge in [0.1, 0.15) is 0 Å². The van der Waals surface area contributed by atoms with Crippen molar-refractivity contribution < 1.29 is 0 Å². The van der Waals surface area contributed by atoms with Crippen LogP contribution in [0.5, 0.6) is 0 Å². The third-order valence-corrected chi connectivity index (χ3v) is 4.25. The molecule has 0 radical (unpaired) electrons. The fourth-order valence-electron chi connectivity index (χ4n) is 2.74. The van der Waals surface area contributed by atoms with Gasteiger partial charge in [0.15, 0.2) is 0 Å². The Kier molecular flexibility index (Phi) is 4.94. The summed E-state index contributed by atoms with van der Waals surface area (Å²) in [5.74, 6) is 1.60. The molecular formula is C15H21Cl2N. The second-order valence-corrected chi connectivity index (χ2v) is 6.53. The van der Waals surface area contributed by atoms with E-state index in [0.717, 1.165) is 28.4 Å². The van der Waals surface area contributed by atoms with Gasteiger partial charge in [-0.25, -0.2) is 0 Å². The lowest BCUT2D eigenvalue weighted by molar-refractivity contribution is 0.139. The van der Waals surface area contributed by atoms with Crippen LogP contribution in [0.3, 0.4) is 0 Å². The van der Waals surface area contributed by atoms with Crippen LogP contribution in [0, 0.1) is 11.8 Å². The van der Waals surface area contributed by atoms with Crippen molar-refractivity contribution in [1.29, 1.82) is 0 Å². The molecule has 1 nitrogen and oxygen atoms in total. The van der Waals surface area contributed by atoms with E-state index in [0.29, 0.717) is 0 Å². The maximum absolute atomic E-state index is 6.04. The van der Waals surface area contributed by atoms with E-state index in [1.54, 1.807) is 6.07 Å². The van der Waals surface area contributed by atoms with Crippen LogP contribution < -0.4 is 0 Å². The molecule has 1 aliphatic rings. The summed E-state index contributed by atoms with van der Waals surface area (Å²) in [5, 5.41) is 1.46. The minimum Gasteiger partial charge on any atom is -0.299 e. The quantitative estimate of drug-likeness (QED) is 0.767. The monoisotopic (exact) mass is 285 g/mol. The summed E-state index contributed by atoms with van der Waals surface area (Å²) in [6, 6.07) is 5.83. The molecule has 0 aromatic heterocycles. The summed E-state index contributed by atoms with van der Waals surface area (Å²) in [7, 11) is 0. The highest BCUT2D eigenvalue weighted by Gasteiger charge is 2.22. The molecule has 2 rings (SSSR count). The lowest BCUT2D eigenvalue weighted by Crippen LogP contribution is -2.36. The summed E-state index contributed by atoms with van der Waals surface area (Å²) >= 11 is 12.1. The molecule has 1 atom stereocenters. The Bertz CT molecular complexity index is 383. The van der Waals surface area contributed by atoms with Crippen LogP contribution in [0.15, 0.2) is 18.2 Å². The lowest BCUT2D eigenvalue weighted by Gasteiger charge is -2.34. The summed E-state index contributed by atoms with van der Waals surface area (Å²) in [4.78, 5) is 2.52. The zero-order chi connectivity index (χ0) is 13.1. The molecule has 3 heteroatoms. The number of nitrogens with zero attached hydrogens (tertiary/aromatic N) is 1. The van der Waals surface area contributed by atoms with Gasteiger partial charge in [0, 0.05) is 23.1 Å². The van der Waals surface area contributed by atoms with E-state index in [1.165, 1.54) is 31.5 Å². The number of hydrogen-bond donors (Lipinski definition) is 0. The van der Waals surface area contributed by atoms with Gasteiger partial charge in [-0.05, 0) is 55.0 Å². The maximum atomic E-state index is 6.04. The van der Waals surface area contributed by atoms with Crippen molar-refractivity contribution in [3.8, 4) is 0 Å². The van der Waals surface area contributed by atoms with E-state index in [-0.39, 0.29) is 0 Å². The summed E-state index contributed by atoms with van der Waals surface area (Å²) < 4.78 is 0. The minimum atomic E-state index is 0.731. The van der Waals surface area contributed by atoms with Gasteiger partial charge in [0.05, 0.1) is 0 Å². The van der Waals surface area contributed by atoms with Gasteiger partial charge in [0.25, 0.3) is 0 Å². The molecule has 0 aliphatic carbocycles. The fourth-order valence-corrected chi connectivity index (χ4v) is 3.31. The number of likely N-dealkylation sites (tertiary alicyclic amines) is 1. The van der Waals surface area contributed by atoms with Crippen molar-refractivity contribution >= 4 is 23.2 Å². The Balaban J connectivity index is 2.00. The van der Waals surface area contributed by atoms with E-state index < -0.39 is 0 Å². The molecule has 100 valence electrons. The molecule has 1 aromatic carbocycles. The zero-order valence-electron chi connectivity index (χ0n) is 11.1. The van der Waals surface area contributed by atoms with Crippen molar-refractivity contribution in [2.24, 2.45) is 11.8 Å². The van der Waals surface area contributed by atoms with E-state index in [9.17, 15) is 0 Å². The van der Waals surface area contributed by atoms with E-state index in [1.807, 2.05) is 12.1 Å². The number of hydrogen-bond acceptors (Lipinski definition) is 1. The Labute approximate surface area is 120 Å². The Morgan fingerprint density at radius 3 is 2.50 bits per heavy atom. The van der Waals surface area contributed by atoms with Crippen LogP contribution in [0.4, 0.5) is 0 Å². The highest BCUT2D eigenvalue weighted by atomic mass is 35.5. The van der Waals surface area contributed by atoms with Crippen LogP contribution in [-0.2, 0) is 6.54 Å². The standard InChI is InChI=1S/C15H21Cl2N/c1-11(2)13-4-3-5-18(10-13)9-12-6-14(16)8-15(17)7-12/h6-8,11,13H,3-5,9-10H2,1-2H3. The van der Waals surface area contributed by atoms with Crippen LogP contribution in [0.2, 0.25) is 10.0 Å². The average molecular weight is 286 g/mol. The molecule has 1 saturated heterocycles. The summed E-state index contributed by atoms with van der Waals surface area (Å²) in [5.41, 5.74) is 1.22. The van der Waals surface area contributed by atoms with Crippen LogP contribution in [0.1, 0.15) is 32.3 Å². The molecule has 0 N–H and O–H groups in total. The largest absolute Gasteiger partial charge is 0.299 e. The summed E-state index contributed by atoms with van der Waals surface area (Å²) in [6.45, 7) is 7.99. The van der Waals surface area contributed by atoms with Gasteiger partial charge in [-0.1, -0.05) is 37.0 Å². The third kappa shape index (κ3) is 3.88. The molecule has 0 saturated carbocycles. The van der Waals surface area contributed by atoms with Crippen molar-refractivity contribution in [3.05, 3.63) is 33.8 Å². The topological polar surface area (TPSA) is 3.24 Å².